The van der Waals surface area contributed by atoms with E-state index in [2.05, 4.69) is 4.74 Å². The number of ether oxygens (including phenoxy) is 1. The van der Waals surface area contributed by atoms with Crippen LogP contribution >= 0.6 is 0 Å². The summed E-state index contributed by atoms with van der Waals surface area (Å²) in [5.41, 5.74) is -2.11. The first-order chi connectivity index (χ1) is 8.34. The van der Waals surface area contributed by atoms with E-state index in [0.717, 1.165) is 25.1 Å². The number of carbonyl (C=O) groups is 3. The molecule has 0 aliphatic heterocycles. The summed E-state index contributed by atoms with van der Waals surface area (Å²) in [5.74, 6) is -3.84. The highest BCUT2D eigenvalue weighted by Crippen LogP contribution is 2.23. The molecule has 0 saturated carbocycles. The summed E-state index contributed by atoms with van der Waals surface area (Å²) >= 11 is 0. The first-order valence-corrected chi connectivity index (χ1v) is 4.58. The van der Waals surface area contributed by atoms with Crippen LogP contribution in [0.2, 0.25) is 0 Å². The van der Waals surface area contributed by atoms with Gasteiger partial charge < -0.3 is 9.84 Å². The lowest BCUT2D eigenvalue weighted by molar-refractivity contribution is -0.385. The van der Waals surface area contributed by atoms with Gasteiger partial charge in [-0.05, 0) is 6.07 Å². The number of benzene rings is 1. The quantitative estimate of drug-likeness (QED) is 0.368. The number of nitro groups is 1. The fourth-order valence-electron chi connectivity index (χ4n) is 1.27. The predicted octanol–water partition coefficient (Wildman–Crippen LogP) is 0.996. The molecule has 1 aromatic rings. The van der Waals surface area contributed by atoms with Crippen molar-refractivity contribution in [3.8, 4) is 0 Å². The maximum Gasteiger partial charge on any atom is 0.346 e. The molecule has 8 nitrogen and oxygen atoms in total. The van der Waals surface area contributed by atoms with E-state index >= 15 is 0 Å². The van der Waals surface area contributed by atoms with E-state index < -0.39 is 39.6 Å². The first-order valence-electron chi connectivity index (χ1n) is 4.58. The van der Waals surface area contributed by atoms with E-state index in [1.54, 1.807) is 0 Å². The van der Waals surface area contributed by atoms with Crippen LogP contribution in [0, 0.1) is 10.1 Å². The molecule has 0 fully saturated rings. The minimum Gasteiger partial charge on any atom is -0.477 e. The van der Waals surface area contributed by atoms with Gasteiger partial charge in [-0.2, -0.15) is 0 Å². The highest BCUT2D eigenvalue weighted by atomic mass is 16.6. The van der Waals surface area contributed by atoms with E-state index in [0.29, 0.717) is 0 Å². The number of rotatable bonds is 3. The molecule has 18 heavy (non-hydrogen) atoms. The number of aromatic carboxylic acids is 1. The predicted molar refractivity (Wildman–Crippen MR) is 56.2 cm³/mol. The van der Waals surface area contributed by atoms with Crippen LogP contribution in [0.15, 0.2) is 18.2 Å². The zero-order valence-electron chi connectivity index (χ0n) is 9.08. The number of esters is 2. The van der Waals surface area contributed by atoms with Gasteiger partial charge in [-0.25, -0.2) is 9.59 Å². The Morgan fingerprint density at radius 1 is 1.33 bits per heavy atom. The van der Waals surface area contributed by atoms with Gasteiger partial charge in [0.25, 0.3) is 5.69 Å². The van der Waals surface area contributed by atoms with Crippen LogP contribution in [-0.4, -0.2) is 27.9 Å². The molecule has 0 aliphatic rings. The van der Waals surface area contributed by atoms with Gasteiger partial charge in [-0.3, -0.25) is 14.9 Å². The zero-order chi connectivity index (χ0) is 13.9. The van der Waals surface area contributed by atoms with Gasteiger partial charge in [0.1, 0.15) is 0 Å². The summed E-state index contributed by atoms with van der Waals surface area (Å²) < 4.78 is 4.20. The van der Waals surface area contributed by atoms with Crippen LogP contribution in [0.4, 0.5) is 5.69 Å². The van der Waals surface area contributed by atoms with E-state index in [1.165, 1.54) is 0 Å². The zero-order valence-corrected chi connectivity index (χ0v) is 9.08. The van der Waals surface area contributed by atoms with Crippen molar-refractivity contribution in [3.63, 3.8) is 0 Å². The molecule has 0 bridgehead atoms. The first kappa shape index (κ1) is 13.3. The summed E-state index contributed by atoms with van der Waals surface area (Å²) in [6, 6.07) is 3.09. The van der Waals surface area contributed by atoms with Crippen molar-refractivity contribution < 1.29 is 29.2 Å². The lowest BCUT2D eigenvalue weighted by Crippen LogP contribution is -2.15. The monoisotopic (exact) mass is 253 g/mol. The van der Waals surface area contributed by atoms with Crippen molar-refractivity contribution in [2.24, 2.45) is 0 Å². The highest BCUT2D eigenvalue weighted by molar-refractivity contribution is 6.07. The second kappa shape index (κ2) is 5.04. The number of carbonyl (C=O) groups excluding carboxylic acids is 2. The topological polar surface area (TPSA) is 124 Å². The van der Waals surface area contributed by atoms with Gasteiger partial charge in [-0.1, -0.05) is 6.07 Å². The molecule has 1 aromatic carbocycles. The van der Waals surface area contributed by atoms with Crippen LogP contribution in [0.1, 0.15) is 27.6 Å². The highest BCUT2D eigenvalue weighted by Gasteiger charge is 2.28. The van der Waals surface area contributed by atoms with Crippen molar-refractivity contribution in [1.29, 1.82) is 0 Å². The molecule has 1 rings (SSSR count). The Morgan fingerprint density at radius 3 is 2.39 bits per heavy atom. The molecule has 0 atom stereocenters. The van der Waals surface area contributed by atoms with Gasteiger partial charge in [-0.15, -0.1) is 0 Å². The molecule has 0 saturated heterocycles. The smallest absolute Gasteiger partial charge is 0.346 e. The molecule has 8 heteroatoms. The summed E-state index contributed by atoms with van der Waals surface area (Å²) in [4.78, 5) is 42.7. The number of nitrogens with zero attached hydrogens (tertiary/aromatic N) is 1. The maximum absolute atomic E-state index is 11.4. The third kappa shape index (κ3) is 2.67. The lowest BCUT2D eigenvalue weighted by Gasteiger charge is -2.04. The van der Waals surface area contributed by atoms with Crippen LogP contribution in [-0.2, 0) is 9.53 Å². The minimum absolute atomic E-state index is 0.549. The molecular weight excluding hydrogens is 246 g/mol. The maximum atomic E-state index is 11.4. The molecule has 0 aliphatic carbocycles. The molecule has 0 spiro atoms. The summed E-state index contributed by atoms with van der Waals surface area (Å²) in [6.45, 7) is 0.954. The molecule has 0 amide bonds. The number of hydrogen-bond acceptors (Lipinski definition) is 6. The van der Waals surface area contributed by atoms with Crippen molar-refractivity contribution >= 4 is 23.6 Å². The van der Waals surface area contributed by atoms with Crippen molar-refractivity contribution in [2.45, 2.75) is 6.92 Å². The Balaban J connectivity index is 3.40. The average Bonchev–Trinajstić information content (AvgIpc) is 2.26. The van der Waals surface area contributed by atoms with Gasteiger partial charge >= 0.3 is 17.9 Å². The van der Waals surface area contributed by atoms with E-state index in [4.69, 9.17) is 5.11 Å². The SMILES string of the molecule is CC(=O)OC(=O)c1cccc([N+](=O)[O-])c1C(=O)O. The van der Waals surface area contributed by atoms with E-state index in [1.807, 2.05) is 0 Å². The molecule has 1 N–H and O–H groups in total. The van der Waals surface area contributed by atoms with Gasteiger partial charge in [0.15, 0.2) is 5.56 Å². The fourth-order valence-corrected chi connectivity index (χ4v) is 1.27. The molecule has 0 aromatic heterocycles. The van der Waals surface area contributed by atoms with Crippen LogP contribution < -0.4 is 0 Å². The third-order valence-electron chi connectivity index (χ3n) is 1.91. The second-order valence-electron chi connectivity index (χ2n) is 3.14. The number of carboxylic acid groups (broad SMARTS) is 1. The largest absolute Gasteiger partial charge is 0.477 e. The number of nitro benzene ring substituents is 1. The Labute approximate surface area is 99.9 Å². The third-order valence-corrected chi connectivity index (χ3v) is 1.91. The molecule has 0 unspecified atom stereocenters. The Morgan fingerprint density at radius 2 is 1.94 bits per heavy atom. The summed E-state index contributed by atoms with van der Waals surface area (Å²) in [5, 5.41) is 19.5. The van der Waals surface area contributed by atoms with E-state index in [-0.39, 0.29) is 0 Å². The average molecular weight is 253 g/mol. The molecular formula is C10H7NO7. The van der Waals surface area contributed by atoms with Crippen LogP contribution in [0.3, 0.4) is 0 Å². The van der Waals surface area contributed by atoms with Crippen molar-refractivity contribution in [1.82, 2.24) is 0 Å². The number of hydrogen-bond donors (Lipinski definition) is 1. The Hall–Kier alpha value is -2.77. The molecule has 0 heterocycles. The van der Waals surface area contributed by atoms with Gasteiger partial charge in [0.2, 0.25) is 0 Å². The Bertz CT molecular complexity index is 549. The second-order valence-corrected chi connectivity index (χ2v) is 3.14. The van der Waals surface area contributed by atoms with Gasteiger partial charge in [0.05, 0.1) is 10.5 Å². The standard InChI is InChI=1S/C10H7NO7/c1-5(12)18-10(15)6-3-2-4-7(11(16)17)8(6)9(13)14/h2-4H,1H3,(H,13,14). The molecule has 94 valence electrons. The van der Waals surface area contributed by atoms with Crippen molar-refractivity contribution in [3.05, 3.63) is 39.4 Å². The fraction of sp³-hybridized carbons (Fsp3) is 0.100. The van der Waals surface area contributed by atoms with Crippen molar-refractivity contribution in [2.75, 3.05) is 0 Å². The van der Waals surface area contributed by atoms with Crippen LogP contribution in [0.5, 0.6) is 0 Å². The number of carboxylic acids is 1. The lowest BCUT2D eigenvalue weighted by atomic mass is 10.1. The van der Waals surface area contributed by atoms with Crippen LogP contribution in [0.25, 0.3) is 0 Å². The normalized spacial score (nSPS) is 9.61. The van der Waals surface area contributed by atoms with Gasteiger partial charge in [0, 0.05) is 13.0 Å². The minimum atomic E-state index is -1.65. The Kier molecular flexibility index (Phi) is 3.72. The summed E-state index contributed by atoms with van der Waals surface area (Å²) in [6.07, 6.45) is 0. The molecule has 0 radical (unpaired) electrons. The summed E-state index contributed by atoms with van der Waals surface area (Å²) in [7, 11) is 0. The van der Waals surface area contributed by atoms with E-state index in [9.17, 15) is 24.5 Å².